The Morgan fingerprint density at radius 2 is 1.94 bits per heavy atom. The largest absolute Gasteiger partial charge is 0.398 e. The summed E-state index contributed by atoms with van der Waals surface area (Å²) >= 11 is 3.64. The Hall–Kier alpha value is -0.700. The molecule has 0 radical (unpaired) electrons. The van der Waals surface area contributed by atoms with E-state index in [1.807, 2.05) is 6.07 Å². The van der Waals surface area contributed by atoms with E-state index in [2.05, 4.69) is 47.7 Å². The number of aryl methyl sites for hydroxylation is 1. The second-order valence-electron chi connectivity index (χ2n) is 5.81. The van der Waals surface area contributed by atoms with Gasteiger partial charge in [-0.3, -0.25) is 0 Å². The molecule has 0 spiro atoms. The Morgan fingerprint density at radius 3 is 2.50 bits per heavy atom. The number of anilines is 2. The van der Waals surface area contributed by atoms with Gasteiger partial charge < -0.3 is 10.6 Å². The van der Waals surface area contributed by atoms with E-state index in [1.54, 1.807) is 0 Å². The molecule has 0 saturated carbocycles. The van der Waals surface area contributed by atoms with Gasteiger partial charge >= 0.3 is 0 Å². The molecular formula is C15H23BrN2. The number of piperidine rings is 1. The minimum absolute atomic E-state index is 0.534. The first-order valence-corrected chi connectivity index (χ1v) is 7.55. The summed E-state index contributed by atoms with van der Waals surface area (Å²) in [4.78, 5) is 2.48. The van der Waals surface area contributed by atoms with Crippen molar-refractivity contribution in [3.05, 3.63) is 22.2 Å². The van der Waals surface area contributed by atoms with Gasteiger partial charge in [0.15, 0.2) is 0 Å². The fraction of sp³-hybridized carbons (Fsp3) is 0.600. The molecule has 1 aromatic rings. The highest BCUT2D eigenvalue weighted by molar-refractivity contribution is 9.10. The second kappa shape index (κ2) is 5.12. The molecule has 0 aromatic heterocycles. The van der Waals surface area contributed by atoms with Crippen molar-refractivity contribution in [1.29, 1.82) is 0 Å². The van der Waals surface area contributed by atoms with Crippen molar-refractivity contribution < 1.29 is 0 Å². The van der Waals surface area contributed by atoms with E-state index in [4.69, 9.17) is 5.73 Å². The van der Waals surface area contributed by atoms with Gasteiger partial charge in [-0.05, 0) is 58.8 Å². The van der Waals surface area contributed by atoms with E-state index in [0.717, 1.165) is 28.8 Å². The van der Waals surface area contributed by atoms with Gasteiger partial charge in [0.1, 0.15) is 0 Å². The van der Waals surface area contributed by atoms with E-state index in [0.29, 0.717) is 5.41 Å². The van der Waals surface area contributed by atoms with Crippen LogP contribution in [-0.2, 0) is 0 Å². The molecule has 18 heavy (non-hydrogen) atoms. The van der Waals surface area contributed by atoms with Crippen LogP contribution in [-0.4, -0.2) is 13.1 Å². The third-order valence-corrected chi connectivity index (χ3v) is 5.14. The first kappa shape index (κ1) is 13.7. The van der Waals surface area contributed by atoms with E-state index in [-0.39, 0.29) is 0 Å². The van der Waals surface area contributed by atoms with Crippen LogP contribution in [0.1, 0.15) is 38.7 Å². The number of halogens is 1. The molecule has 2 N–H and O–H groups in total. The molecule has 1 aliphatic rings. The van der Waals surface area contributed by atoms with Crippen molar-refractivity contribution in [3.8, 4) is 0 Å². The minimum atomic E-state index is 0.534. The van der Waals surface area contributed by atoms with Gasteiger partial charge in [-0.15, -0.1) is 0 Å². The van der Waals surface area contributed by atoms with Gasteiger partial charge in [-0.1, -0.05) is 20.3 Å². The summed E-state index contributed by atoms with van der Waals surface area (Å²) in [6.45, 7) is 9.08. The lowest BCUT2D eigenvalue weighted by atomic mass is 9.78. The maximum atomic E-state index is 5.94. The molecule has 1 fully saturated rings. The van der Waals surface area contributed by atoms with Crippen LogP contribution in [0.5, 0.6) is 0 Å². The van der Waals surface area contributed by atoms with Crippen LogP contribution in [0.4, 0.5) is 11.4 Å². The molecule has 2 nitrogen and oxygen atoms in total. The highest BCUT2D eigenvalue weighted by Crippen LogP contribution is 2.38. The Balaban J connectivity index is 2.17. The molecule has 0 unspecified atom stereocenters. The fourth-order valence-electron chi connectivity index (χ4n) is 2.57. The summed E-state index contributed by atoms with van der Waals surface area (Å²) < 4.78 is 1.12. The normalized spacial score (nSPS) is 19.0. The average Bonchev–Trinajstić information content (AvgIpc) is 2.35. The summed E-state index contributed by atoms with van der Waals surface area (Å²) in [6.07, 6.45) is 3.83. The van der Waals surface area contributed by atoms with E-state index in [9.17, 15) is 0 Å². The molecule has 1 saturated heterocycles. The summed E-state index contributed by atoms with van der Waals surface area (Å²) in [5.41, 5.74) is 9.79. The van der Waals surface area contributed by atoms with Crippen molar-refractivity contribution in [3.63, 3.8) is 0 Å². The summed E-state index contributed by atoms with van der Waals surface area (Å²) in [7, 11) is 0. The first-order valence-electron chi connectivity index (χ1n) is 6.76. The molecule has 1 aliphatic heterocycles. The molecule has 0 bridgehead atoms. The summed E-state index contributed by atoms with van der Waals surface area (Å²) in [6, 6.07) is 4.23. The molecule has 1 heterocycles. The van der Waals surface area contributed by atoms with Crippen molar-refractivity contribution in [2.75, 3.05) is 23.7 Å². The van der Waals surface area contributed by atoms with E-state index in [1.165, 1.54) is 24.9 Å². The van der Waals surface area contributed by atoms with Crippen LogP contribution in [0, 0.1) is 12.3 Å². The van der Waals surface area contributed by atoms with Crippen molar-refractivity contribution in [1.82, 2.24) is 0 Å². The van der Waals surface area contributed by atoms with Gasteiger partial charge in [0, 0.05) is 23.2 Å². The molecule has 3 heteroatoms. The van der Waals surface area contributed by atoms with Gasteiger partial charge in [0.2, 0.25) is 0 Å². The van der Waals surface area contributed by atoms with Gasteiger partial charge in [0.25, 0.3) is 0 Å². The average molecular weight is 311 g/mol. The van der Waals surface area contributed by atoms with Crippen molar-refractivity contribution in [2.45, 2.75) is 40.0 Å². The topological polar surface area (TPSA) is 29.3 Å². The predicted octanol–water partition coefficient (Wildman–Crippen LogP) is 4.36. The summed E-state index contributed by atoms with van der Waals surface area (Å²) in [5, 5.41) is 0. The Morgan fingerprint density at radius 1 is 1.33 bits per heavy atom. The number of hydrogen-bond donors (Lipinski definition) is 1. The quantitative estimate of drug-likeness (QED) is 0.823. The number of rotatable bonds is 2. The van der Waals surface area contributed by atoms with Crippen LogP contribution in [0.25, 0.3) is 0 Å². The monoisotopic (exact) mass is 310 g/mol. The Kier molecular flexibility index (Phi) is 3.90. The highest BCUT2D eigenvalue weighted by Gasteiger charge is 2.29. The van der Waals surface area contributed by atoms with E-state index >= 15 is 0 Å². The smallest absolute Gasteiger partial charge is 0.0514 e. The second-order valence-corrected chi connectivity index (χ2v) is 6.67. The molecule has 0 aliphatic carbocycles. The molecule has 0 amide bonds. The van der Waals surface area contributed by atoms with E-state index < -0.39 is 0 Å². The lowest BCUT2D eigenvalue weighted by Gasteiger charge is -2.40. The first-order chi connectivity index (χ1) is 8.45. The predicted molar refractivity (Wildman–Crippen MR) is 83.1 cm³/mol. The lowest BCUT2D eigenvalue weighted by Crippen LogP contribution is -2.38. The fourth-order valence-corrected chi connectivity index (χ4v) is 3.18. The SMILES string of the molecule is CCC1(C)CCN(c2cc(C)c(N)cc2Br)CC1. The van der Waals surface area contributed by atoms with Crippen LogP contribution in [0.2, 0.25) is 0 Å². The number of nitrogens with zero attached hydrogens (tertiary/aromatic N) is 1. The molecule has 1 aromatic carbocycles. The minimum Gasteiger partial charge on any atom is -0.398 e. The maximum absolute atomic E-state index is 5.94. The van der Waals surface area contributed by atoms with Crippen molar-refractivity contribution >= 4 is 27.3 Å². The van der Waals surface area contributed by atoms with Crippen LogP contribution in [0.3, 0.4) is 0 Å². The zero-order chi connectivity index (χ0) is 13.3. The zero-order valence-electron chi connectivity index (χ0n) is 11.6. The third-order valence-electron chi connectivity index (χ3n) is 4.50. The van der Waals surface area contributed by atoms with Crippen LogP contribution in [0.15, 0.2) is 16.6 Å². The van der Waals surface area contributed by atoms with Crippen LogP contribution >= 0.6 is 15.9 Å². The van der Waals surface area contributed by atoms with Crippen molar-refractivity contribution in [2.24, 2.45) is 5.41 Å². The number of benzene rings is 1. The van der Waals surface area contributed by atoms with Crippen LogP contribution < -0.4 is 10.6 Å². The third kappa shape index (κ3) is 2.66. The molecule has 2 rings (SSSR count). The number of hydrogen-bond acceptors (Lipinski definition) is 2. The van der Waals surface area contributed by atoms with Gasteiger partial charge in [-0.25, -0.2) is 0 Å². The number of nitrogens with two attached hydrogens (primary N) is 1. The summed E-state index contributed by atoms with van der Waals surface area (Å²) in [5.74, 6) is 0. The van der Waals surface area contributed by atoms with Gasteiger partial charge in [0.05, 0.1) is 5.69 Å². The molecule has 100 valence electrons. The maximum Gasteiger partial charge on any atom is 0.0514 e. The Bertz CT molecular complexity index is 434. The number of nitrogen functional groups attached to an aromatic ring is 1. The molecule has 0 atom stereocenters. The standard InChI is InChI=1S/C15H23BrN2/c1-4-15(3)5-7-18(8-6-15)14-9-11(2)13(17)10-12(14)16/h9-10H,4-8,17H2,1-3H3. The Labute approximate surface area is 119 Å². The lowest BCUT2D eigenvalue weighted by molar-refractivity contribution is 0.238. The zero-order valence-corrected chi connectivity index (χ0v) is 13.2. The van der Waals surface area contributed by atoms with Gasteiger partial charge in [-0.2, -0.15) is 0 Å². The highest BCUT2D eigenvalue weighted by atomic mass is 79.9. The molecular weight excluding hydrogens is 288 g/mol.